The van der Waals surface area contributed by atoms with Crippen LogP contribution in [0.3, 0.4) is 0 Å². The molecule has 3 heteroatoms. The SMILES string of the molecule is C=CCCC(=O)NO.c1ccc2c(c1)C2. The number of rotatable bonds is 3. The fourth-order valence-corrected chi connectivity index (χ4v) is 1.13. The zero-order valence-corrected chi connectivity index (χ0v) is 8.57. The zero-order valence-electron chi connectivity index (χ0n) is 8.57. The molecule has 0 unspecified atom stereocenters. The van der Waals surface area contributed by atoms with E-state index in [1.165, 1.54) is 23.0 Å². The van der Waals surface area contributed by atoms with Gasteiger partial charge in [-0.25, -0.2) is 5.48 Å². The third-order valence-electron chi connectivity index (χ3n) is 2.07. The summed E-state index contributed by atoms with van der Waals surface area (Å²) in [5.74, 6) is -0.370. The highest BCUT2D eigenvalue weighted by molar-refractivity contribution is 5.74. The van der Waals surface area contributed by atoms with Crippen molar-refractivity contribution in [3.8, 4) is 0 Å². The van der Waals surface area contributed by atoms with Crippen LogP contribution in [0.1, 0.15) is 24.0 Å². The van der Waals surface area contributed by atoms with Gasteiger partial charge >= 0.3 is 0 Å². The van der Waals surface area contributed by atoms with Crippen LogP contribution >= 0.6 is 0 Å². The summed E-state index contributed by atoms with van der Waals surface area (Å²) in [6, 6.07) is 8.53. The van der Waals surface area contributed by atoms with E-state index in [9.17, 15) is 4.79 Å². The van der Waals surface area contributed by atoms with Crippen LogP contribution in [-0.2, 0) is 11.2 Å². The molecule has 15 heavy (non-hydrogen) atoms. The van der Waals surface area contributed by atoms with E-state index < -0.39 is 0 Å². The lowest BCUT2D eigenvalue weighted by molar-refractivity contribution is -0.129. The number of carbonyl (C=O) groups is 1. The van der Waals surface area contributed by atoms with Crippen molar-refractivity contribution in [2.75, 3.05) is 0 Å². The van der Waals surface area contributed by atoms with Gasteiger partial charge in [0.15, 0.2) is 0 Å². The third-order valence-corrected chi connectivity index (χ3v) is 2.07. The van der Waals surface area contributed by atoms with Gasteiger partial charge in [-0.05, 0) is 24.0 Å². The fraction of sp³-hybridized carbons (Fsp3) is 0.250. The Labute approximate surface area is 89.4 Å². The molecule has 80 valence electrons. The number of hydroxylamine groups is 1. The molecule has 1 aromatic rings. The Morgan fingerprint density at radius 3 is 2.47 bits per heavy atom. The normalized spacial score (nSPS) is 10.5. The molecule has 0 heterocycles. The van der Waals surface area contributed by atoms with Gasteiger partial charge < -0.3 is 0 Å². The topological polar surface area (TPSA) is 49.3 Å². The van der Waals surface area contributed by atoms with Crippen molar-refractivity contribution in [3.63, 3.8) is 0 Å². The second-order valence-electron chi connectivity index (χ2n) is 3.31. The zero-order chi connectivity index (χ0) is 11.1. The van der Waals surface area contributed by atoms with Gasteiger partial charge in [0.2, 0.25) is 5.91 Å². The summed E-state index contributed by atoms with van der Waals surface area (Å²) in [5.41, 5.74) is 4.57. The lowest BCUT2D eigenvalue weighted by Crippen LogP contribution is -2.17. The molecule has 1 aliphatic rings. The van der Waals surface area contributed by atoms with Crippen molar-refractivity contribution < 1.29 is 10.0 Å². The van der Waals surface area contributed by atoms with E-state index in [0.717, 1.165) is 0 Å². The second kappa shape index (κ2) is 5.98. The molecule has 0 spiro atoms. The van der Waals surface area contributed by atoms with Crippen LogP contribution in [0.5, 0.6) is 0 Å². The van der Waals surface area contributed by atoms with E-state index in [0.29, 0.717) is 12.8 Å². The number of hydrogen-bond donors (Lipinski definition) is 2. The van der Waals surface area contributed by atoms with Gasteiger partial charge in [0.25, 0.3) is 0 Å². The van der Waals surface area contributed by atoms with E-state index >= 15 is 0 Å². The van der Waals surface area contributed by atoms with Crippen molar-refractivity contribution in [2.24, 2.45) is 0 Å². The summed E-state index contributed by atoms with van der Waals surface area (Å²) in [5, 5.41) is 7.93. The van der Waals surface area contributed by atoms with Crippen molar-refractivity contribution in [2.45, 2.75) is 19.3 Å². The summed E-state index contributed by atoms with van der Waals surface area (Å²) in [4.78, 5) is 10.2. The highest BCUT2D eigenvalue weighted by atomic mass is 16.5. The number of fused-ring (bicyclic) bond motifs is 1. The molecule has 2 rings (SSSR count). The number of nitrogens with one attached hydrogen (secondary N) is 1. The fourth-order valence-electron chi connectivity index (χ4n) is 1.13. The number of benzene rings is 1. The van der Waals surface area contributed by atoms with Crippen LogP contribution in [-0.4, -0.2) is 11.1 Å². The van der Waals surface area contributed by atoms with E-state index in [-0.39, 0.29) is 5.91 Å². The summed E-state index contributed by atoms with van der Waals surface area (Å²) in [6.45, 7) is 3.41. The average molecular weight is 205 g/mol. The van der Waals surface area contributed by atoms with Crippen LogP contribution in [0.2, 0.25) is 0 Å². The number of allylic oxidation sites excluding steroid dienone is 1. The minimum absolute atomic E-state index is 0.306. The molecule has 3 nitrogen and oxygen atoms in total. The first-order valence-electron chi connectivity index (χ1n) is 4.88. The quantitative estimate of drug-likeness (QED) is 0.457. The molecule has 1 amide bonds. The maximum atomic E-state index is 10.2. The van der Waals surface area contributed by atoms with E-state index in [4.69, 9.17) is 5.21 Å². The summed E-state index contributed by atoms with van der Waals surface area (Å²) >= 11 is 0. The Morgan fingerprint density at radius 2 is 2.07 bits per heavy atom. The van der Waals surface area contributed by atoms with E-state index in [1.54, 1.807) is 6.08 Å². The first kappa shape index (κ1) is 11.5. The van der Waals surface area contributed by atoms with Gasteiger partial charge in [-0.2, -0.15) is 0 Å². The van der Waals surface area contributed by atoms with Crippen LogP contribution < -0.4 is 5.48 Å². The number of hydrogen-bond acceptors (Lipinski definition) is 2. The highest BCUT2D eigenvalue weighted by Crippen LogP contribution is 2.25. The summed E-state index contributed by atoms with van der Waals surface area (Å²) in [7, 11) is 0. The second-order valence-corrected chi connectivity index (χ2v) is 3.31. The Morgan fingerprint density at radius 1 is 1.47 bits per heavy atom. The smallest absolute Gasteiger partial charge is 0.243 e. The van der Waals surface area contributed by atoms with Crippen LogP contribution in [0.15, 0.2) is 36.9 Å². The monoisotopic (exact) mass is 205 g/mol. The van der Waals surface area contributed by atoms with Crippen LogP contribution in [0.4, 0.5) is 0 Å². The van der Waals surface area contributed by atoms with Gasteiger partial charge in [-0.1, -0.05) is 30.3 Å². The maximum Gasteiger partial charge on any atom is 0.243 e. The lowest BCUT2D eigenvalue weighted by atomic mass is 10.3. The minimum Gasteiger partial charge on any atom is -0.289 e. The first-order chi connectivity index (χ1) is 7.27. The van der Waals surface area contributed by atoms with Crippen molar-refractivity contribution in [1.82, 2.24) is 5.48 Å². The molecular weight excluding hydrogens is 190 g/mol. The lowest BCUT2D eigenvalue weighted by Gasteiger charge is -1.90. The van der Waals surface area contributed by atoms with Gasteiger partial charge in [0.1, 0.15) is 0 Å². The first-order valence-corrected chi connectivity index (χ1v) is 4.88. The molecule has 0 aromatic heterocycles. The molecular formula is C12H15NO2. The molecule has 0 aliphatic heterocycles. The Hall–Kier alpha value is -1.61. The Kier molecular flexibility index (Phi) is 4.57. The van der Waals surface area contributed by atoms with Gasteiger partial charge in [-0.3, -0.25) is 10.0 Å². The minimum atomic E-state index is -0.370. The molecule has 0 saturated carbocycles. The Bertz CT molecular complexity index is 326. The predicted molar refractivity (Wildman–Crippen MR) is 58.6 cm³/mol. The largest absolute Gasteiger partial charge is 0.289 e. The molecule has 0 atom stereocenters. The molecule has 0 fully saturated rings. The summed E-state index contributed by atoms with van der Waals surface area (Å²) < 4.78 is 0. The van der Waals surface area contributed by atoms with Gasteiger partial charge in [0.05, 0.1) is 0 Å². The van der Waals surface area contributed by atoms with Crippen LogP contribution in [0, 0.1) is 0 Å². The average Bonchev–Trinajstić information content (AvgIpc) is 3.05. The van der Waals surface area contributed by atoms with E-state index in [2.05, 4.69) is 30.8 Å². The molecule has 2 N–H and O–H groups in total. The molecule has 0 saturated heterocycles. The number of amides is 1. The molecule has 0 bridgehead atoms. The maximum absolute atomic E-state index is 10.2. The molecule has 1 aromatic carbocycles. The summed E-state index contributed by atoms with van der Waals surface area (Å²) in [6.07, 6.45) is 3.77. The van der Waals surface area contributed by atoms with Gasteiger partial charge in [0, 0.05) is 6.42 Å². The van der Waals surface area contributed by atoms with Crippen molar-refractivity contribution >= 4 is 5.91 Å². The van der Waals surface area contributed by atoms with Crippen molar-refractivity contribution in [1.29, 1.82) is 0 Å². The van der Waals surface area contributed by atoms with Gasteiger partial charge in [-0.15, -0.1) is 6.58 Å². The molecule has 1 aliphatic carbocycles. The number of carbonyl (C=O) groups excluding carboxylic acids is 1. The van der Waals surface area contributed by atoms with Crippen molar-refractivity contribution in [3.05, 3.63) is 48.0 Å². The molecule has 0 radical (unpaired) electrons. The Balaban J connectivity index is 0.000000150. The van der Waals surface area contributed by atoms with Crippen LogP contribution in [0.25, 0.3) is 0 Å². The highest BCUT2D eigenvalue weighted by Gasteiger charge is 2.12. The third kappa shape index (κ3) is 4.42. The predicted octanol–water partition coefficient (Wildman–Crippen LogP) is 2.05. The standard InChI is InChI=1S/C7H6.C5H9NO2/c1-2-4-7-5-6(7)3-1;1-2-3-4-5(7)6-8/h1-4H,5H2;2,8H,1,3-4H2,(H,6,7). The van der Waals surface area contributed by atoms with E-state index in [1.807, 2.05) is 0 Å².